The van der Waals surface area contributed by atoms with E-state index in [1.54, 1.807) is 11.0 Å². The molecule has 0 spiro atoms. The summed E-state index contributed by atoms with van der Waals surface area (Å²) in [4.78, 5) is 8.28. The van der Waals surface area contributed by atoms with Crippen LogP contribution in [0.1, 0.15) is 11.1 Å². The van der Waals surface area contributed by atoms with E-state index in [1.165, 1.54) is 11.9 Å². The number of nitrogens with two attached hydrogens (primary N) is 1. The second-order valence-corrected chi connectivity index (χ2v) is 5.20. The highest BCUT2D eigenvalue weighted by Gasteiger charge is 1.98. The van der Waals surface area contributed by atoms with E-state index in [1.807, 2.05) is 55.5 Å². The van der Waals surface area contributed by atoms with Crippen LogP contribution in [-0.2, 0) is 6.54 Å². The highest BCUT2D eigenvalue weighted by Crippen LogP contribution is 2.10. The summed E-state index contributed by atoms with van der Waals surface area (Å²) < 4.78 is 1.71. The van der Waals surface area contributed by atoms with Crippen LogP contribution in [0.25, 0.3) is 5.69 Å². The number of aliphatic imine (C=N–C) groups is 1. The predicted molar refractivity (Wildman–Crippen MR) is 107 cm³/mol. The Hall–Kier alpha value is -2.42. The van der Waals surface area contributed by atoms with Crippen molar-refractivity contribution in [2.24, 2.45) is 10.7 Å². The Morgan fingerprint density at radius 1 is 1.12 bits per heavy atom. The second kappa shape index (κ2) is 8.44. The lowest BCUT2D eigenvalue weighted by Crippen LogP contribution is -2.22. The van der Waals surface area contributed by atoms with Crippen LogP contribution in [0, 0.1) is 6.92 Å². The Kier molecular flexibility index (Phi) is 6.30. The molecule has 6 nitrogen and oxygen atoms in total. The number of aryl methyl sites for hydroxylation is 1. The van der Waals surface area contributed by atoms with Crippen LogP contribution < -0.4 is 11.1 Å². The Morgan fingerprint density at radius 3 is 2.46 bits per heavy atom. The summed E-state index contributed by atoms with van der Waals surface area (Å²) in [5, 5.41) is 7.17. The smallest absolute Gasteiger partial charge is 0.193 e. The summed E-state index contributed by atoms with van der Waals surface area (Å²) in [6.45, 7) is 2.56. The van der Waals surface area contributed by atoms with Crippen molar-refractivity contribution in [3.05, 3.63) is 72.3 Å². The van der Waals surface area contributed by atoms with Gasteiger partial charge < -0.3 is 11.1 Å². The first-order chi connectivity index (χ1) is 11.2. The number of benzene rings is 2. The molecule has 0 bridgehead atoms. The second-order valence-electron chi connectivity index (χ2n) is 5.20. The molecule has 3 N–H and O–H groups in total. The van der Waals surface area contributed by atoms with Crippen molar-refractivity contribution in [2.75, 3.05) is 5.32 Å². The molecule has 0 saturated heterocycles. The predicted octanol–water partition coefficient (Wildman–Crippen LogP) is 3.12. The molecule has 1 aromatic heterocycles. The number of aromatic nitrogens is 3. The summed E-state index contributed by atoms with van der Waals surface area (Å²) in [6, 6.07) is 16.0. The van der Waals surface area contributed by atoms with Crippen LogP contribution in [0.4, 0.5) is 5.69 Å². The minimum absolute atomic E-state index is 0. The maximum absolute atomic E-state index is 5.92. The van der Waals surface area contributed by atoms with Crippen LogP contribution in [0.2, 0.25) is 0 Å². The summed E-state index contributed by atoms with van der Waals surface area (Å²) in [7, 11) is 0. The Bertz CT molecular complexity index is 779. The lowest BCUT2D eigenvalue weighted by molar-refractivity contribution is 0.877. The van der Waals surface area contributed by atoms with Gasteiger partial charge in [-0.25, -0.2) is 14.7 Å². The number of hydrogen-bond donors (Lipinski definition) is 2. The Labute approximate surface area is 157 Å². The van der Waals surface area contributed by atoms with Gasteiger partial charge in [-0.05, 0) is 36.8 Å². The minimum Gasteiger partial charge on any atom is -0.370 e. The number of rotatable bonds is 4. The van der Waals surface area contributed by atoms with Crippen molar-refractivity contribution >= 4 is 35.6 Å². The van der Waals surface area contributed by atoms with Gasteiger partial charge in [0, 0.05) is 5.69 Å². The number of nitrogens with zero attached hydrogens (tertiary/aromatic N) is 4. The average molecular weight is 434 g/mol. The third-order valence-electron chi connectivity index (χ3n) is 3.38. The first kappa shape index (κ1) is 17.9. The SMILES string of the molecule is Cc1ccc(NC(N)=NCc2ccc(-n3cncn3)cc2)cc1.I. The quantitative estimate of drug-likeness (QED) is 0.376. The van der Waals surface area contributed by atoms with Gasteiger partial charge in [0.1, 0.15) is 12.7 Å². The van der Waals surface area contributed by atoms with Crippen molar-refractivity contribution in [1.29, 1.82) is 0 Å². The zero-order valence-electron chi connectivity index (χ0n) is 13.3. The molecule has 0 amide bonds. The van der Waals surface area contributed by atoms with E-state index in [0.717, 1.165) is 16.9 Å². The maximum Gasteiger partial charge on any atom is 0.193 e. The summed E-state index contributed by atoms with van der Waals surface area (Å²) in [6.07, 6.45) is 3.17. The van der Waals surface area contributed by atoms with Gasteiger partial charge in [0.05, 0.1) is 12.2 Å². The lowest BCUT2D eigenvalue weighted by atomic mass is 10.2. The van der Waals surface area contributed by atoms with E-state index < -0.39 is 0 Å². The molecule has 0 fully saturated rings. The highest BCUT2D eigenvalue weighted by atomic mass is 127. The standard InChI is InChI=1S/C17H18N6.HI/c1-13-2-6-15(7-3-13)22-17(18)20-10-14-4-8-16(9-5-14)23-12-19-11-21-23;/h2-9,11-12H,10H2,1H3,(H3,18,20,22);1H. The van der Waals surface area contributed by atoms with Crippen LogP contribution in [0.3, 0.4) is 0 Å². The zero-order chi connectivity index (χ0) is 16.1. The van der Waals surface area contributed by atoms with Gasteiger partial charge in [0.25, 0.3) is 0 Å². The number of nitrogens with one attached hydrogen (secondary N) is 1. The van der Waals surface area contributed by atoms with Gasteiger partial charge >= 0.3 is 0 Å². The fraction of sp³-hybridized carbons (Fsp3) is 0.118. The van der Waals surface area contributed by atoms with Crippen molar-refractivity contribution < 1.29 is 0 Å². The van der Waals surface area contributed by atoms with E-state index in [9.17, 15) is 0 Å². The third kappa shape index (κ3) is 4.79. The molecule has 1 heterocycles. The molecular formula is C17H19IN6. The fourth-order valence-electron chi connectivity index (χ4n) is 2.10. The largest absolute Gasteiger partial charge is 0.370 e. The molecule has 0 radical (unpaired) electrons. The van der Waals surface area contributed by atoms with Crippen molar-refractivity contribution in [2.45, 2.75) is 13.5 Å². The molecular weight excluding hydrogens is 415 g/mol. The van der Waals surface area contributed by atoms with Crippen LogP contribution in [-0.4, -0.2) is 20.7 Å². The van der Waals surface area contributed by atoms with Gasteiger partial charge in [0.15, 0.2) is 5.96 Å². The number of hydrogen-bond acceptors (Lipinski definition) is 3. The molecule has 24 heavy (non-hydrogen) atoms. The molecule has 0 saturated carbocycles. The topological polar surface area (TPSA) is 81.1 Å². The van der Waals surface area contributed by atoms with E-state index in [4.69, 9.17) is 5.73 Å². The molecule has 0 atom stereocenters. The average Bonchev–Trinajstić information content (AvgIpc) is 3.10. The number of guanidine groups is 1. The van der Waals surface area contributed by atoms with Gasteiger partial charge in [-0.2, -0.15) is 5.10 Å². The lowest BCUT2D eigenvalue weighted by Gasteiger charge is -2.06. The van der Waals surface area contributed by atoms with Crippen molar-refractivity contribution in [3.8, 4) is 5.69 Å². The van der Waals surface area contributed by atoms with E-state index >= 15 is 0 Å². The van der Waals surface area contributed by atoms with Gasteiger partial charge in [-0.15, -0.1) is 24.0 Å². The maximum atomic E-state index is 5.92. The van der Waals surface area contributed by atoms with Crippen LogP contribution in [0.15, 0.2) is 66.2 Å². The molecule has 3 rings (SSSR count). The summed E-state index contributed by atoms with van der Waals surface area (Å²) >= 11 is 0. The molecule has 0 aliphatic rings. The molecule has 0 aliphatic carbocycles. The van der Waals surface area contributed by atoms with E-state index in [0.29, 0.717) is 12.5 Å². The third-order valence-corrected chi connectivity index (χ3v) is 3.38. The fourth-order valence-corrected chi connectivity index (χ4v) is 2.10. The van der Waals surface area contributed by atoms with Gasteiger partial charge in [-0.3, -0.25) is 0 Å². The highest BCUT2D eigenvalue weighted by molar-refractivity contribution is 14.0. The number of anilines is 1. The molecule has 7 heteroatoms. The monoisotopic (exact) mass is 434 g/mol. The molecule has 0 aliphatic heterocycles. The minimum atomic E-state index is 0. The molecule has 124 valence electrons. The summed E-state index contributed by atoms with van der Waals surface area (Å²) in [5.74, 6) is 0.397. The molecule has 0 unspecified atom stereocenters. The van der Waals surface area contributed by atoms with Gasteiger partial charge in [0.2, 0.25) is 0 Å². The van der Waals surface area contributed by atoms with Crippen molar-refractivity contribution in [1.82, 2.24) is 14.8 Å². The Balaban J connectivity index is 0.00000208. The zero-order valence-corrected chi connectivity index (χ0v) is 15.6. The van der Waals surface area contributed by atoms with E-state index in [-0.39, 0.29) is 24.0 Å². The first-order valence-corrected chi connectivity index (χ1v) is 7.28. The van der Waals surface area contributed by atoms with E-state index in [2.05, 4.69) is 20.4 Å². The van der Waals surface area contributed by atoms with Crippen LogP contribution >= 0.6 is 24.0 Å². The Morgan fingerprint density at radius 2 is 1.83 bits per heavy atom. The van der Waals surface area contributed by atoms with Gasteiger partial charge in [-0.1, -0.05) is 29.8 Å². The molecule has 3 aromatic rings. The normalized spacial score (nSPS) is 11.0. The molecule has 2 aromatic carbocycles. The van der Waals surface area contributed by atoms with Crippen molar-refractivity contribution in [3.63, 3.8) is 0 Å². The summed E-state index contributed by atoms with van der Waals surface area (Å²) in [5.41, 5.74) is 10.1. The number of halogens is 1. The van der Waals surface area contributed by atoms with Crippen LogP contribution in [0.5, 0.6) is 0 Å². The first-order valence-electron chi connectivity index (χ1n) is 7.28.